The highest BCUT2D eigenvalue weighted by Crippen LogP contribution is 2.34. The van der Waals surface area contributed by atoms with Crippen molar-refractivity contribution in [2.24, 2.45) is 0 Å². The zero-order valence-corrected chi connectivity index (χ0v) is 16.9. The van der Waals surface area contributed by atoms with Crippen molar-refractivity contribution in [3.05, 3.63) is 110 Å². The Hall–Kier alpha value is -5.28. The molecular formula is C24H13N5O4. The molecule has 9 nitrogen and oxygen atoms in total. The molecule has 9 heteroatoms. The van der Waals surface area contributed by atoms with Crippen LogP contribution in [0.25, 0.3) is 28.2 Å². The van der Waals surface area contributed by atoms with Crippen LogP contribution in [0.15, 0.2) is 78.9 Å². The van der Waals surface area contributed by atoms with Crippen LogP contribution in [0.5, 0.6) is 0 Å². The average Bonchev–Trinajstić information content (AvgIpc) is 3.28. The minimum Gasteiger partial charge on any atom is -0.309 e. The summed E-state index contributed by atoms with van der Waals surface area (Å²) in [6.07, 6.45) is 0. The molecule has 0 aliphatic rings. The molecule has 158 valence electrons. The number of nitro groups is 2. The van der Waals surface area contributed by atoms with Gasteiger partial charge in [-0.1, -0.05) is 0 Å². The summed E-state index contributed by atoms with van der Waals surface area (Å²) in [5, 5.41) is 40.8. The zero-order chi connectivity index (χ0) is 23.5. The van der Waals surface area contributed by atoms with Crippen LogP contribution in [0.4, 0.5) is 11.4 Å². The molecule has 0 radical (unpaired) electrons. The van der Waals surface area contributed by atoms with Gasteiger partial charge in [-0.05, 0) is 65.7 Å². The second-order valence-electron chi connectivity index (χ2n) is 7.00. The van der Waals surface area contributed by atoms with Gasteiger partial charge in [0.05, 0.1) is 32.4 Å². The Labute approximate surface area is 187 Å². The predicted octanol–water partition coefficient (Wildman–Crippen LogP) is 5.37. The Kier molecular flexibility index (Phi) is 5.37. The lowest BCUT2D eigenvalue weighted by atomic mass is 10.1. The number of nitro benzene ring substituents is 2. The summed E-state index contributed by atoms with van der Waals surface area (Å²) in [6.45, 7) is 0. The van der Waals surface area contributed by atoms with Crippen LogP contribution in [0, 0.1) is 42.9 Å². The van der Waals surface area contributed by atoms with E-state index >= 15 is 0 Å². The van der Waals surface area contributed by atoms with E-state index in [4.69, 9.17) is 0 Å². The molecule has 0 spiro atoms. The number of aromatic nitrogens is 1. The summed E-state index contributed by atoms with van der Waals surface area (Å²) < 4.78 is 1.84. The molecule has 0 N–H and O–H groups in total. The highest BCUT2D eigenvalue weighted by atomic mass is 16.6. The zero-order valence-electron chi connectivity index (χ0n) is 16.9. The van der Waals surface area contributed by atoms with Crippen molar-refractivity contribution >= 4 is 11.4 Å². The van der Waals surface area contributed by atoms with Crippen LogP contribution in [0.1, 0.15) is 11.1 Å². The number of hydrogen-bond donors (Lipinski definition) is 0. The third kappa shape index (κ3) is 3.90. The van der Waals surface area contributed by atoms with E-state index < -0.39 is 9.85 Å². The molecule has 0 saturated carbocycles. The third-order valence-corrected chi connectivity index (χ3v) is 5.13. The van der Waals surface area contributed by atoms with Crippen LogP contribution < -0.4 is 0 Å². The van der Waals surface area contributed by atoms with Gasteiger partial charge in [0.2, 0.25) is 0 Å². The van der Waals surface area contributed by atoms with E-state index in [0.717, 1.165) is 0 Å². The Morgan fingerprint density at radius 2 is 1.09 bits per heavy atom. The van der Waals surface area contributed by atoms with Crippen molar-refractivity contribution in [3.63, 3.8) is 0 Å². The van der Waals surface area contributed by atoms with Gasteiger partial charge < -0.3 is 4.57 Å². The van der Waals surface area contributed by atoms with Gasteiger partial charge in [-0.15, -0.1) is 0 Å². The molecule has 1 heterocycles. The maximum Gasteiger partial charge on any atom is 0.269 e. The predicted molar refractivity (Wildman–Crippen MR) is 119 cm³/mol. The second-order valence-corrected chi connectivity index (χ2v) is 7.00. The molecule has 0 fully saturated rings. The Morgan fingerprint density at radius 3 is 1.48 bits per heavy atom. The topological polar surface area (TPSA) is 139 Å². The lowest BCUT2D eigenvalue weighted by molar-refractivity contribution is -0.385. The first-order valence-electron chi connectivity index (χ1n) is 9.59. The van der Waals surface area contributed by atoms with Gasteiger partial charge >= 0.3 is 0 Å². The summed E-state index contributed by atoms with van der Waals surface area (Å²) in [6, 6.07) is 24.6. The van der Waals surface area contributed by atoms with Crippen LogP contribution in [0.2, 0.25) is 0 Å². The molecule has 0 amide bonds. The van der Waals surface area contributed by atoms with Crippen molar-refractivity contribution in [3.8, 4) is 40.3 Å². The van der Waals surface area contributed by atoms with E-state index in [1.807, 2.05) is 28.8 Å². The monoisotopic (exact) mass is 435 g/mol. The smallest absolute Gasteiger partial charge is 0.269 e. The first kappa shape index (κ1) is 21.0. The molecule has 0 aliphatic heterocycles. The van der Waals surface area contributed by atoms with Gasteiger partial charge in [-0.25, -0.2) is 0 Å². The van der Waals surface area contributed by atoms with Gasteiger partial charge in [0.15, 0.2) is 0 Å². The molecule has 4 rings (SSSR count). The SMILES string of the molecule is N#Cc1ccc(-n2c(-c3ccc([N+](=O)[O-])cc3)ccc2-c2ccc([N+](=O)[O-])cc2)cc1C#N. The van der Waals surface area contributed by atoms with Crippen molar-refractivity contribution in [1.29, 1.82) is 10.5 Å². The summed E-state index contributed by atoms with van der Waals surface area (Å²) in [5.41, 5.74) is 3.70. The van der Waals surface area contributed by atoms with E-state index in [0.29, 0.717) is 28.2 Å². The average molecular weight is 435 g/mol. The van der Waals surface area contributed by atoms with E-state index in [1.165, 1.54) is 24.3 Å². The minimum atomic E-state index is -0.481. The summed E-state index contributed by atoms with van der Waals surface area (Å²) in [5.74, 6) is 0. The Balaban J connectivity index is 1.93. The van der Waals surface area contributed by atoms with E-state index in [2.05, 4.69) is 0 Å². The first-order valence-corrected chi connectivity index (χ1v) is 9.59. The van der Waals surface area contributed by atoms with Gasteiger partial charge in [0.25, 0.3) is 11.4 Å². The van der Waals surface area contributed by atoms with Crippen LogP contribution in [-0.4, -0.2) is 14.4 Å². The van der Waals surface area contributed by atoms with Crippen molar-refractivity contribution in [2.45, 2.75) is 0 Å². The van der Waals surface area contributed by atoms with Crippen molar-refractivity contribution < 1.29 is 9.85 Å². The van der Waals surface area contributed by atoms with Crippen molar-refractivity contribution in [2.75, 3.05) is 0 Å². The fourth-order valence-electron chi connectivity index (χ4n) is 3.53. The quantitative estimate of drug-likeness (QED) is 0.305. The summed E-state index contributed by atoms with van der Waals surface area (Å²) in [4.78, 5) is 21.1. The van der Waals surface area contributed by atoms with Crippen LogP contribution in [0.3, 0.4) is 0 Å². The molecule has 0 saturated heterocycles. The van der Waals surface area contributed by atoms with Gasteiger partial charge in [0, 0.05) is 30.0 Å². The number of benzene rings is 3. The minimum absolute atomic E-state index is 0.0439. The van der Waals surface area contributed by atoms with E-state index in [-0.39, 0.29) is 22.5 Å². The first-order chi connectivity index (χ1) is 15.9. The summed E-state index contributed by atoms with van der Waals surface area (Å²) in [7, 11) is 0. The highest BCUT2D eigenvalue weighted by molar-refractivity contribution is 5.74. The van der Waals surface area contributed by atoms with Gasteiger partial charge in [-0.2, -0.15) is 10.5 Å². The molecule has 3 aromatic carbocycles. The number of nitriles is 2. The molecule has 0 bridgehead atoms. The number of rotatable bonds is 5. The maximum absolute atomic E-state index is 11.0. The molecule has 33 heavy (non-hydrogen) atoms. The fraction of sp³-hybridized carbons (Fsp3) is 0. The lowest BCUT2D eigenvalue weighted by Crippen LogP contribution is -2.01. The normalized spacial score (nSPS) is 10.2. The molecule has 1 aromatic heterocycles. The number of hydrogen-bond acceptors (Lipinski definition) is 6. The second kappa shape index (κ2) is 8.46. The highest BCUT2D eigenvalue weighted by Gasteiger charge is 2.17. The van der Waals surface area contributed by atoms with Gasteiger partial charge in [-0.3, -0.25) is 20.2 Å². The largest absolute Gasteiger partial charge is 0.309 e. The van der Waals surface area contributed by atoms with Crippen molar-refractivity contribution in [1.82, 2.24) is 4.57 Å². The Bertz CT molecular complexity index is 1400. The molecular weight excluding hydrogens is 422 g/mol. The van der Waals surface area contributed by atoms with Crippen LogP contribution >= 0.6 is 0 Å². The maximum atomic E-state index is 11.0. The van der Waals surface area contributed by atoms with Crippen LogP contribution in [-0.2, 0) is 0 Å². The van der Waals surface area contributed by atoms with E-state index in [9.17, 15) is 30.8 Å². The third-order valence-electron chi connectivity index (χ3n) is 5.13. The number of non-ortho nitro benzene ring substituents is 2. The summed E-state index contributed by atoms with van der Waals surface area (Å²) >= 11 is 0. The number of nitrogens with zero attached hydrogens (tertiary/aromatic N) is 5. The fourth-order valence-corrected chi connectivity index (χ4v) is 3.53. The van der Waals surface area contributed by atoms with E-state index in [1.54, 1.807) is 42.5 Å². The standard InChI is InChI=1S/C24H13N5O4/c25-14-18-5-10-22(13-19(18)15-26)27-23(16-1-6-20(7-2-16)28(30)31)11-12-24(27)17-3-8-21(9-4-17)29(32)33/h1-13H. The lowest BCUT2D eigenvalue weighted by Gasteiger charge is -2.15. The van der Waals surface area contributed by atoms with Gasteiger partial charge in [0.1, 0.15) is 12.1 Å². The molecule has 0 aliphatic carbocycles. The molecule has 4 aromatic rings. The Morgan fingerprint density at radius 1 is 0.636 bits per heavy atom. The molecule has 0 unspecified atom stereocenters. The molecule has 0 atom stereocenters.